The number of nitrogens with one attached hydrogen (secondary N) is 2. The highest BCUT2D eigenvalue weighted by Crippen LogP contribution is 2.31. The van der Waals surface area contributed by atoms with E-state index in [4.69, 9.17) is 4.74 Å². The van der Waals surface area contributed by atoms with Gasteiger partial charge < -0.3 is 20.3 Å². The average molecular weight is 325 g/mol. The van der Waals surface area contributed by atoms with Crippen LogP contribution < -0.4 is 20.3 Å². The van der Waals surface area contributed by atoms with Crippen LogP contribution in [0.15, 0.2) is 42.5 Å². The van der Waals surface area contributed by atoms with Crippen molar-refractivity contribution in [3.63, 3.8) is 0 Å². The molecule has 0 saturated heterocycles. The molecule has 0 aliphatic carbocycles. The van der Waals surface area contributed by atoms with Crippen molar-refractivity contribution in [2.45, 2.75) is 13.3 Å². The van der Waals surface area contributed by atoms with E-state index in [1.165, 1.54) is 0 Å². The van der Waals surface area contributed by atoms with Gasteiger partial charge in [-0.3, -0.25) is 4.79 Å². The van der Waals surface area contributed by atoms with Gasteiger partial charge in [-0.15, -0.1) is 0 Å². The second-order valence-corrected chi connectivity index (χ2v) is 5.47. The molecule has 1 aliphatic rings. The van der Waals surface area contributed by atoms with Crippen molar-refractivity contribution in [2.75, 3.05) is 29.2 Å². The molecule has 2 N–H and O–H groups in total. The maximum Gasteiger partial charge on any atom is 0.323 e. The number of hydrogen-bond acceptors (Lipinski definition) is 3. The Morgan fingerprint density at radius 2 is 1.92 bits per heavy atom. The summed E-state index contributed by atoms with van der Waals surface area (Å²) in [5, 5.41) is 5.54. The third kappa shape index (κ3) is 3.17. The Kier molecular flexibility index (Phi) is 4.37. The lowest BCUT2D eigenvalue weighted by Crippen LogP contribution is -2.25. The predicted molar refractivity (Wildman–Crippen MR) is 93.8 cm³/mol. The SMILES string of the molecule is CCN1C(=O)Cc2cc(NC(=O)Nc3cccc(OC)c3)ccc21. The van der Waals surface area contributed by atoms with Gasteiger partial charge in [-0.25, -0.2) is 4.79 Å². The van der Waals surface area contributed by atoms with Crippen molar-refractivity contribution in [1.82, 2.24) is 0 Å². The highest BCUT2D eigenvalue weighted by molar-refractivity contribution is 6.03. The standard InChI is InChI=1S/C18H19N3O3/c1-3-21-16-8-7-14(9-12(16)10-17(21)22)20-18(23)19-13-5-4-6-15(11-13)24-2/h4-9,11H,3,10H2,1-2H3,(H2,19,20,23). The Morgan fingerprint density at radius 1 is 1.17 bits per heavy atom. The van der Waals surface area contributed by atoms with E-state index in [2.05, 4.69) is 10.6 Å². The van der Waals surface area contributed by atoms with Gasteiger partial charge in [-0.1, -0.05) is 6.07 Å². The fourth-order valence-electron chi connectivity index (χ4n) is 2.80. The zero-order chi connectivity index (χ0) is 17.1. The summed E-state index contributed by atoms with van der Waals surface area (Å²) in [6, 6.07) is 12.3. The van der Waals surface area contributed by atoms with Crippen molar-refractivity contribution in [3.05, 3.63) is 48.0 Å². The summed E-state index contributed by atoms with van der Waals surface area (Å²) in [5.74, 6) is 0.758. The Balaban J connectivity index is 1.69. The number of urea groups is 1. The van der Waals surface area contributed by atoms with Gasteiger partial charge in [0.15, 0.2) is 0 Å². The van der Waals surface area contributed by atoms with E-state index in [1.54, 1.807) is 42.3 Å². The third-order valence-corrected chi connectivity index (χ3v) is 3.91. The first-order chi connectivity index (χ1) is 11.6. The first-order valence-corrected chi connectivity index (χ1v) is 7.76. The number of fused-ring (bicyclic) bond motifs is 1. The van der Waals surface area contributed by atoms with Crippen molar-refractivity contribution >= 4 is 29.0 Å². The zero-order valence-electron chi connectivity index (χ0n) is 13.6. The number of likely N-dealkylation sites (N-methyl/N-ethyl adjacent to an activating group) is 1. The minimum atomic E-state index is -0.347. The molecular formula is C18H19N3O3. The van der Waals surface area contributed by atoms with Gasteiger partial charge in [0.25, 0.3) is 0 Å². The summed E-state index contributed by atoms with van der Waals surface area (Å²) in [6.45, 7) is 2.59. The highest BCUT2D eigenvalue weighted by atomic mass is 16.5. The predicted octanol–water partition coefficient (Wildman–Crippen LogP) is 3.25. The molecule has 0 aromatic heterocycles. The molecule has 0 fully saturated rings. The van der Waals surface area contributed by atoms with Crippen LogP contribution in [0.4, 0.5) is 21.9 Å². The molecule has 0 saturated carbocycles. The van der Waals surface area contributed by atoms with Crippen LogP contribution in [-0.4, -0.2) is 25.6 Å². The number of amides is 3. The van der Waals surface area contributed by atoms with Gasteiger partial charge in [-0.05, 0) is 42.8 Å². The van der Waals surface area contributed by atoms with Crippen LogP contribution in [0.1, 0.15) is 12.5 Å². The summed E-state index contributed by atoms with van der Waals surface area (Å²) < 4.78 is 5.13. The molecule has 2 aromatic carbocycles. The van der Waals surface area contributed by atoms with Crippen LogP contribution in [0.5, 0.6) is 5.75 Å². The van der Waals surface area contributed by atoms with Crippen LogP contribution in [0.3, 0.4) is 0 Å². The van der Waals surface area contributed by atoms with Crippen molar-refractivity contribution in [2.24, 2.45) is 0 Å². The highest BCUT2D eigenvalue weighted by Gasteiger charge is 2.25. The van der Waals surface area contributed by atoms with E-state index in [9.17, 15) is 9.59 Å². The maximum absolute atomic E-state index is 12.1. The summed E-state index contributed by atoms with van der Waals surface area (Å²) >= 11 is 0. The fraction of sp³-hybridized carbons (Fsp3) is 0.222. The number of carbonyl (C=O) groups is 2. The molecular weight excluding hydrogens is 306 g/mol. The number of nitrogens with zero attached hydrogens (tertiary/aromatic N) is 1. The first-order valence-electron chi connectivity index (χ1n) is 7.76. The molecule has 0 atom stereocenters. The lowest BCUT2D eigenvalue weighted by atomic mass is 10.1. The third-order valence-electron chi connectivity index (χ3n) is 3.91. The Morgan fingerprint density at radius 3 is 2.62 bits per heavy atom. The van der Waals surface area contributed by atoms with Crippen molar-refractivity contribution in [1.29, 1.82) is 0 Å². The molecule has 3 rings (SSSR count). The maximum atomic E-state index is 12.1. The molecule has 6 nitrogen and oxygen atoms in total. The second kappa shape index (κ2) is 6.62. The summed E-state index contributed by atoms with van der Waals surface area (Å²) in [4.78, 5) is 25.8. The van der Waals surface area contributed by atoms with Crippen molar-refractivity contribution in [3.8, 4) is 5.75 Å². The molecule has 0 unspecified atom stereocenters. The van der Waals surface area contributed by atoms with Gasteiger partial charge in [0.1, 0.15) is 5.75 Å². The average Bonchev–Trinajstić information content (AvgIpc) is 2.89. The first kappa shape index (κ1) is 15.9. The van der Waals surface area contributed by atoms with E-state index in [0.717, 1.165) is 11.3 Å². The minimum absolute atomic E-state index is 0.0884. The lowest BCUT2D eigenvalue weighted by Gasteiger charge is -2.15. The monoisotopic (exact) mass is 325 g/mol. The number of anilines is 3. The normalized spacial score (nSPS) is 12.8. The van der Waals surface area contributed by atoms with Gasteiger partial charge >= 0.3 is 6.03 Å². The van der Waals surface area contributed by atoms with E-state index < -0.39 is 0 Å². The van der Waals surface area contributed by atoms with Crippen LogP contribution in [0.2, 0.25) is 0 Å². The van der Waals surface area contributed by atoms with Gasteiger partial charge in [0.2, 0.25) is 5.91 Å². The Hall–Kier alpha value is -3.02. The largest absolute Gasteiger partial charge is 0.497 e. The molecule has 3 amide bonds. The lowest BCUT2D eigenvalue weighted by molar-refractivity contribution is -0.117. The van der Waals surface area contributed by atoms with Crippen LogP contribution in [-0.2, 0) is 11.2 Å². The number of rotatable bonds is 4. The molecule has 124 valence electrons. The zero-order valence-corrected chi connectivity index (χ0v) is 13.6. The molecule has 0 spiro atoms. The van der Waals surface area contributed by atoms with E-state index in [0.29, 0.717) is 30.1 Å². The molecule has 1 heterocycles. The molecule has 24 heavy (non-hydrogen) atoms. The number of hydrogen-bond donors (Lipinski definition) is 2. The smallest absolute Gasteiger partial charge is 0.323 e. The van der Waals surface area contributed by atoms with E-state index >= 15 is 0 Å². The summed E-state index contributed by atoms with van der Waals surface area (Å²) in [7, 11) is 1.57. The van der Waals surface area contributed by atoms with Gasteiger partial charge in [-0.2, -0.15) is 0 Å². The summed E-state index contributed by atoms with van der Waals surface area (Å²) in [6.07, 6.45) is 0.371. The quantitative estimate of drug-likeness (QED) is 0.906. The van der Waals surface area contributed by atoms with Crippen molar-refractivity contribution < 1.29 is 14.3 Å². The molecule has 0 radical (unpaired) electrons. The molecule has 2 aromatic rings. The Bertz CT molecular complexity index is 789. The number of carbonyl (C=O) groups excluding carboxylic acids is 2. The van der Waals surface area contributed by atoms with Crippen LogP contribution >= 0.6 is 0 Å². The molecule has 1 aliphatic heterocycles. The topological polar surface area (TPSA) is 70.7 Å². The van der Waals surface area contributed by atoms with Gasteiger partial charge in [0.05, 0.1) is 13.5 Å². The Labute approximate surface area is 140 Å². The number of benzene rings is 2. The minimum Gasteiger partial charge on any atom is -0.497 e. The molecule has 0 bridgehead atoms. The fourth-order valence-corrected chi connectivity index (χ4v) is 2.80. The van der Waals surface area contributed by atoms with Crippen LogP contribution in [0.25, 0.3) is 0 Å². The van der Waals surface area contributed by atoms with E-state index in [-0.39, 0.29) is 11.9 Å². The number of methoxy groups -OCH3 is 1. The summed E-state index contributed by atoms with van der Waals surface area (Å²) in [5.41, 5.74) is 3.14. The number of ether oxygens (including phenoxy) is 1. The van der Waals surface area contributed by atoms with E-state index in [1.807, 2.05) is 19.1 Å². The molecule has 6 heteroatoms. The second-order valence-electron chi connectivity index (χ2n) is 5.47. The van der Waals surface area contributed by atoms with Crippen LogP contribution in [0, 0.1) is 0 Å². The van der Waals surface area contributed by atoms with Gasteiger partial charge in [0, 0.05) is 29.7 Å².